The number of aromatic nitrogens is 1. The first-order chi connectivity index (χ1) is 12.2. The number of halogens is 1. The summed E-state index contributed by atoms with van der Waals surface area (Å²) in [5, 5.41) is 3.31. The summed E-state index contributed by atoms with van der Waals surface area (Å²) >= 11 is 0. The van der Waals surface area contributed by atoms with Gasteiger partial charge in [0.05, 0.1) is 12.8 Å². The van der Waals surface area contributed by atoms with Crippen molar-refractivity contribution in [3.05, 3.63) is 24.4 Å². The smallest absolute Gasteiger partial charge is 0.209 e. The number of aliphatic imine (C=N–C) groups is 1. The van der Waals surface area contributed by atoms with Crippen LogP contribution in [0, 0.1) is 0 Å². The molecular weight excluding hydrogens is 479 g/mol. The van der Waals surface area contributed by atoms with Crippen molar-refractivity contribution in [3.8, 4) is 0 Å². The number of anilines is 1. The summed E-state index contributed by atoms with van der Waals surface area (Å²) in [6.07, 6.45) is 2.98. The van der Waals surface area contributed by atoms with Crippen LogP contribution in [0.5, 0.6) is 0 Å². The standard InChI is InChI=1S/C17H30N6O2S.HI/c1-5-18-16(20-14-17(2,3)21-26(4,24)25)23-12-10-22(11-13-23)15-8-6-7-9-19-15;/h6-9,21H,5,10-14H2,1-4H3,(H,18,20);1H. The number of guanidine groups is 1. The van der Waals surface area contributed by atoms with E-state index < -0.39 is 15.6 Å². The van der Waals surface area contributed by atoms with Gasteiger partial charge in [-0.25, -0.2) is 18.1 Å². The molecule has 2 rings (SSSR count). The number of hydrogen-bond acceptors (Lipinski definition) is 5. The van der Waals surface area contributed by atoms with Gasteiger partial charge in [0.2, 0.25) is 10.0 Å². The minimum Gasteiger partial charge on any atom is -0.357 e. The van der Waals surface area contributed by atoms with Crippen molar-refractivity contribution in [2.24, 2.45) is 4.99 Å². The molecule has 0 spiro atoms. The van der Waals surface area contributed by atoms with Gasteiger partial charge in [0.1, 0.15) is 5.82 Å². The molecule has 27 heavy (non-hydrogen) atoms. The van der Waals surface area contributed by atoms with Gasteiger partial charge in [-0.2, -0.15) is 0 Å². The van der Waals surface area contributed by atoms with Crippen molar-refractivity contribution in [1.29, 1.82) is 0 Å². The highest BCUT2D eigenvalue weighted by Crippen LogP contribution is 2.13. The van der Waals surface area contributed by atoms with Crippen molar-refractivity contribution in [1.82, 2.24) is 19.9 Å². The molecule has 0 atom stereocenters. The maximum Gasteiger partial charge on any atom is 0.209 e. The van der Waals surface area contributed by atoms with E-state index in [0.717, 1.165) is 44.5 Å². The molecule has 0 unspecified atom stereocenters. The van der Waals surface area contributed by atoms with Crippen LogP contribution in [0.25, 0.3) is 0 Å². The maximum atomic E-state index is 11.5. The summed E-state index contributed by atoms with van der Waals surface area (Å²) in [5.74, 6) is 1.81. The molecule has 8 nitrogen and oxygen atoms in total. The number of piperazine rings is 1. The first-order valence-electron chi connectivity index (χ1n) is 8.88. The lowest BCUT2D eigenvalue weighted by Gasteiger charge is -2.37. The highest BCUT2D eigenvalue weighted by molar-refractivity contribution is 14.0. The van der Waals surface area contributed by atoms with Crippen molar-refractivity contribution in [3.63, 3.8) is 0 Å². The van der Waals surface area contributed by atoms with Crippen LogP contribution in [0.3, 0.4) is 0 Å². The third kappa shape index (κ3) is 8.18. The fourth-order valence-corrected chi connectivity index (χ4v) is 3.99. The summed E-state index contributed by atoms with van der Waals surface area (Å²) in [4.78, 5) is 13.5. The van der Waals surface area contributed by atoms with Crippen molar-refractivity contribution in [2.45, 2.75) is 26.3 Å². The van der Waals surface area contributed by atoms with Crippen LogP contribution in [-0.2, 0) is 10.0 Å². The SMILES string of the molecule is CCNC(=NCC(C)(C)NS(C)(=O)=O)N1CCN(c2ccccn2)CC1.I. The van der Waals surface area contributed by atoms with E-state index in [4.69, 9.17) is 0 Å². The molecule has 0 radical (unpaired) electrons. The van der Waals surface area contributed by atoms with Gasteiger partial charge in [-0.3, -0.25) is 4.99 Å². The number of sulfonamides is 1. The van der Waals surface area contributed by atoms with Crippen LogP contribution < -0.4 is 14.9 Å². The summed E-state index contributed by atoms with van der Waals surface area (Å²) in [6, 6.07) is 5.94. The summed E-state index contributed by atoms with van der Waals surface area (Å²) in [7, 11) is -3.27. The Labute approximate surface area is 179 Å². The molecule has 0 amide bonds. The zero-order valence-electron chi connectivity index (χ0n) is 16.5. The molecule has 1 aliphatic heterocycles. The largest absolute Gasteiger partial charge is 0.357 e. The second-order valence-electron chi connectivity index (χ2n) is 7.09. The Morgan fingerprint density at radius 3 is 2.44 bits per heavy atom. The van der Waals surface area contributed by atoms with Gasteiger partial charge in [-0.15, -0.1) is 24.0 Å². The minimum absolute atomic E-state index is 0. The molecule has 2 N–H and O–H groups in total. The Hall–Kier alpha value is -1.14. The van der Waals surface area contributed by atoms with E-state index in [2.05, 4.69) is 29.8 Å². The molecule has 2 heterocycles. The van der Waals surface area contributed by atoms with Crippen molar-refractivity contribution < 1.29 is 8.42 Å². The number of hydrogen-bond donors (Lipinski definition) is 2. The Kier molecular flexibility index (Phi) is 9.22. The molecular formula is C17H31IN6O2S. The van der Waals surface area contributed by atoms with Gasteiger partial charge in [-0.1, -0.05) is 6.07 Å². The van der Waals surface area contributed by atoms with E-state index in [0.29, 0.717) is 6.54 Å². The second kappa shape index (κ2) is 10.4. The Bertz CT molecular complexity index is 703. The summed E-state index contributed by atoms with van der Waals surface area (Å²) in [5.41, 5.74) is -0.635. The monoisotopic (exact) mass is 510 g/mol. The fourth-order valence-electron chi connectivity index (χ4n) is 2.92. The first kappa shape index (κ1) is 23.9. The van der Waals surface area contributed by atoms with Crippen LogP contribution in [-0.4, -0.2) is 75.3 Å². The zero-order chi connectivity index (χ0) is 19.2. The van der Waals surface area contributed by atoms with E-state index in [-0.39, 0.29) is 24.0 Å². The summed E-state index contributed by atoms with van der Waals surface area (Å²) in [6.45, 7) is 10.2. The lowest BCUT2D eigenvalue weighted by Crippen LogP contribution is -2.53. The predicted molar refractivity (Wildman–Crippen MR) is 121 cm³/mol. The molecule has 1 aromatic rings. The Morgan fingerprint density at radius 2 is 1.93 bits per heavy atom. The highest BCUT2D eigenvalue weighted by Gasteiger charge is 2.24. The Morgan fingerprint density at radius 1 is 1.26 bits per heavy atom. The number of nitrogens with zero attached hydrogens (tertiary/aromatic N) is 4. The van der Waals surface area contributed by atoms with Gasteiger partial charge in [0.25, 0.3) is 0 Å². The van der Waals surface area contributed by atoms with E-state index in [1.54, 1.807) is 0 Å². The van der Waals surface area contributed by atoms with Gasteiger partial charge in [0, 0.05) is 44.5 Å². The normalized spacial score (nSPS) is 16.1. The van der Waals surface area contributed by atoms with Crippen LogP contribution in [0.2, 0.25) is 0 Å². The summed E-state index contributed by atoms with van der Waals surface area (Å²) < 4.78 is 25.6. The van der Waals surface area contributed by atoms with Crippen LogP contribution >= 0.6 is 24.0 Å². The average molecular weight is 510 g/mol. The quantitative estimate of drug-likeness (QED) is 0.339. The van der Waals surface area contributed by atoms with Crippen molar-refractivity contribution >= 4 is 45.8 Å². The first-order valence-corrected chi connectivity index (χ1v) is 10.8. The highest BCUT2D eigenvalue weighted by atomic mass is 127. The van der Waals surface area contributed by atoms with Crippen LogP contribution in [0.4, 0.5) is 5.82 Å². The Balaban J connectivity index is 0.00000364. The zero-order valence-corrected chi connectivity index (χ0v) is 19.6. The lowest BCUT2D eigenvalue weighted by molar-refractivity contribution is 0.368. The topological polar surface area (TPSA) is 89.9 Å². The van der Waals surface area contributed by atoms with Gasteiger partial charge >= 0.3 is 0 Å². The molecule has 1 saturated heterocycles. The third-order valence-electron chi connectivity index (χ3n) is 3.97. The molecule has 1 fully saturated rings. The van der Waals surface area contributed by atoms with E-state index in [1.807, 2.05) is 45.2 Å². The molecule has 10 heteroatoms. The third-order valence-corrected chi connectivity index (χ3v) is 4.90. The molecule has 0 aromatic carbocycles. The molecule has 1 aromatic heterocycles. The molecule has 1 aliphatic rings. The predicted octanol–water partition coefficient (Wildman–Crippen LogP) is 1.11. The van der Waals surface area contributed by atoms with E-state index in [9.17, 15) is 8.42 Å². The van der Waals surface area contributed by atoms with E-state index >= 15 is 0 Å². The van der Waals surface area contributed by atoms with E-state index in [1.165, 1.54) is 6.26 Å². The molecule has 0 saturated carbocycles. The number of rotatable bonds is 6. The number of nitrogens with one attached hydrogen (secondary N) is 2. The second-order valence-corrected chi connectivity index (χ2v) is 8.84. The molecule has 0 bridgehead atoms. The van der Waals surface area contributed by atoms with Crippen molar-refractivity contribution in [2.75, 3.05) is 50.4 Å². The van der Waals surface area contributed by atoms with Gasteiger partial charge in [-0.05, 0) is 32.9 Å². The van der Waals surface area contributed by atoms with Gasteiger partial charge in [0.15, 0.2) is 5.96 Å². The van der Waals surface area contributed by atoms with Crippen LogP contribution in [0.15, 0.2) is 29.4 Å². The van der Waals surface area contributed by atoms with Gasteiger partial charge < -0.3 is 15.1 Å². The van der Waals surface area contributed by atoms with Crippen LogP contribution in [0.1, 0.15) is 20.8 Å². The minimum atomic E-state index is -3.27. The maximum absolute atomic E-state index is 11.5. The molecule has 0 aliphatic carbocycles. The lowest BCUT2D eigenvalue weighted by atomic mass is 10.1. The average Bonchev–Trinajstić information content (AvgIpc) is 2.57. The molecule has 154 valence electrons. The fraction of sp³-hybridized carbons (Fsp3) is 0.647. The number of pyridine rings is 1.